The molecule has 6 heterocycles. The molecule has 4 aromatic heterocycles. The minimum Gasteiger partial charge on any atom is -0.437 e. The fraction of sp³-hybridized carbons (Fsp3) is 0.300. The molecule has 2 atom stereocenters. The first kappa shape index (κ1) is 35.6. The lowest BCUT2D eigenvalue weighted by Crippen LogP contribution is -2.57. The summed E-state index contributed by atoms with van der Waals surface area (Å²) in [6.45, 7) is 24.2. The quantitative estimate of drug-likeness (QED) is 0.133. The zero-order chi connectivity index (χ0) is 38.4. The largest absolute Gasteiger partial charge is 0.437 e. The van der Waals surface area contributed by atoms with Crippen LogP contribution in [0, 0.1) is 5.92 Å². The normalized spacial score (nSPS) is 16.9. The molecule has 2 aliphatic rings. The molecule has 0 saturated heterocycles. The van der Waals surface area contributed by atoms with E-state index in [4.69, 9.17) is 16.0 Å². The fourth-order valence-electron chi connectivity index (χ4n) is 9.35. The van der Waals surface area contributed by atoms with Gasteiger partial charge >= 0.3 is 0 Å². The number of aromatic nitrogens is 3. The minimum atomic E-state index is -1.72. The van der Waals surface area contributed by atoms with E-state index in [-0.39, 0.29) is 17.4 Å². The van der Waals surface area contributed by atoms with Crippen LogP contribution in [0.5, 0.6) is 0 Å². The Labute approximate surface area is 327 Å². The van der Waals surface area contributed by atoms with Crippen molar-refractivity contribution in [2.45, 2.75) is 90.9 Å². The van der Waals surface area contributed by atoms with Crippen molar-refractivity contribution in [2.75, 3.05) is 0 Å². The second-order valence-electron chi connectivity index (χ2n) is 18.4. The molecule has 0 fully saturated rings. The van der Waals surface area contributed by atoms with Gasteiger partial charge in [-0.05, 0) is 83.7 Å². The Morgan fingerprint density at radius 3 is 2.38 bits per heavy atom. The third kappa shape index (κ3) is 5.99. The van der Waals surface area contributed by atoms with Gasteiger partial charge in [0.05, 0.1) is 30.8 Å². The van der Waals surface area contributed by atoms with Crippen LogP contribution >= 0.6 is 0 Å². The van der Waals surface area contributed by atoms with E-state index in [1.165, 1.54) is 33.5 Å². The molecule has 55 heavy (non-hydrogen) atoms. The van der Waals surface area contributed by atoms with Crippen molar-refractivity contribution < 1.29 is 13.6 Å². The van der Waals surface area contributed by atoms with Crippen LogP contribution < -0.4 is 14.3 Å². The molecule has 2 unspecified atom stereocenters. The molecule has 5 heteroatoms. The van der Waals surface area contributed by atoms with Gasteiger partial charge in [-0.1, -0.05) is 109 Å². The zero-order valence-electron chi connectivity index (χ0n) is 33.7. The number of hydrogen-bond acceptors (Lipinski definition) is 2. The molecule has 276 valence electrons. The molecule has 2 aliphatic heterocycles. The summed E-state index contributed by atoms with van der Waals surface area (Å²) in [6.07, 6.45) is 7.76. The molecule has 0 bridgehead atoms. The maximum atomic E-state index is 6.86. The Morgan fingerprint density at radius 1 is 0.873 bits per heavy atom. The summed E-state index contributed by atoms with van der Waals surface area (Å²) in [5.74, 6) is 0.804. The van der Waals surface area contributed by atoms with Crippen molar-refractivity contribution >= 4 is 41.0 Å². The standard InChI is InChI=1S/C50H53N3OSi/c1-31(2)27-35-28-44-41-29-36(50(4,5)6)20-23-37(41)38-21-18-34-19-22-39-40-24-25-42(33-15-11-10-12-16-33)51-49(40)54-48(39)46(34)43-17-13-14-26-52(43)32(3)47(38)53(44)30-45(35)55(7,8)9/h10-17,19-20,22-26,28-31,38,47H,3,18,21,27H2,1-2,4-9H3/q+2. The lowest BCUT2D eigenvalue weighted by molar-refractivity contribution is -0.726. The number of rotatable bonds is 4. The van der Waals surface area contributed by atoms with E-state index < -0.39 is 8.07 Å². The number of furan rings is 1. The lowest BCUT2D eigenvalue weighted by atomic mass is 9.76. The third-order valence-corrected chi connectivity index (χ3v) is 14.1. The monoisotopic (exact) mass is 739 g/mol. The molecule has 0 amide bonds. The molecule has 0 radical (unpaired) electrons. The predicted molar refractivity (Wildman–Crippen MR) is 230 cm³/mol. The van der Waals surface area contributed by atoms with Gasteiger partial charge in [0, 0.05) is 39.7 Å². The number of fused-ring (bicyclic) bond motifs is 13. The molecule has 7 aromatic rings. The Hall–Kier alpha value is -5.13. The summed E-state index contributed by atoms with van der Waals surface area (Å²) in [7, 11) is -1.72. The van der Waals surface area contributed by atoms with Crippen LogP contribution in [0.2, 0.25) is 19.6 Å². The van der Waals surface area contributed by atoms with Crippen LogP contribution in [0.3, 0.4) is 0 Å². The molecule has 3 aromatic carbocycles. The molecule has 4 nitrogen and oxygen atoms in total. The van der Waals surface area contributed by atoms with Crippen molar-refractivity contribution in [3.63, 3.8) is 0 Å². The summed E-state index contributed by atoms with van der Waals surface area (Å²) in [4.78, 5) is 5.06. The second kappa shape index (κ2) is 13.0. The van der Waals surface area contributed by atoms with E-state index in [1.807, 2.05) is 6.07 Å². The third-order valence-electron chi connectivity index (χ3n) is 12.1. The van der Waals surface area contributed by atoms with E-state index in [9.17, 15) is 0 Å². The van der Waals surface area contributed by atoms with Crippen LogP contribution in [0.4, 0.5) is 0 Å². The number of pyridine rings is 3. The first-order valence-electron chi connectivity index (χ1n) is 20.1. The van der Waals surface area contributed by atoms with E-state index in [1.54, 1.807) is 5.19 Å². The van der Waals surface area contributed by atoms with Crippen molar-refractivity contribution in [1.82, 2.24) is 4.98 Å². The van der Waals surface area contributed by atoms with Crippen LogP contribution in [0.25, 0.3) is 61.5 Å². The average molecular weight is 740 g/mol. The summed E-state index contributed by atoms with van der Waals surface area (Å²) in [5, 5.41) is 3.69. The Kier molecular flexibility index (Phi) is 8.39. The number of hydrogen-bond donors (Lipinski definition) is 0. The second-order valence-corrected chi connectivity index (χ2v) is 23.5. The summed E-state index contributed by atoms with van der Waals surface area (Å²) < 4.78 is 11.9. The van der Waals surface area contributed by atoms with E-state index in [0.29, 0.717) is 11.6 Å². The Morgan fingerprint density at radius 2 is 1.64 bits per heavy atom. The van der Waals surface area contributed by atoms with Crippen molar-refractivity contribution in [2.24, 2.45) is 5.92 Å². The van der Waals surface area contributed by atoms with E-state index in [0.717, 1.165) is 63.8 Å². The topological polar surface area (TPSA) is 33.8 Å². The zero-order valence-corrected chi connectivity index (χ0v) is 34.7. The maximum absolute atomic E-state index is 6.86. The molecular weight excluding hydrogens is 687 g/mol. The van der Waals surface area contributed by atoms with Gasteiger partial charge in [-0.15, -0.1) is 0 Å². The van der Waals surface area contributed by atoms with Crippen LogP contribution in [0.15, 0.2) is 120 Å². The smallest absolute Gasteiger partial charge is 0.249 e. The number of allylic oxidation sites excluding steroid dienone is 1. The highest BCUT2D eigenvalue weighted by Crippen LogP contribution is 2.47. The van der Waals surface area contributed by atoms with Crippen LogP contribution in [0.1, 0.15) is 75.3 Å². The summed E-state index contributed by atoms with van der Waals surface area (Å²) in [6, 6.07) is 35.7. The Balaban J connectivity index is 1.29. The first-order chi connectivity index (χ1) is 26.3. The number of benzene rings is 3. The van der Waals surface area contributed by atoms with Gasteiger partial charge in [-0.3, -0.25) is 0 Å². The van der Waals surface area contributed by atoms with Gasteiger partial charge in [-0.2, -0.15) is 9.13 Å². The molecule has 9 rings (SSSR count). The number of aryl methyl sites for hydroxylation is 1. The van der Waals surface area contributed by atoms with E-state index >= 15 is 0 Å². The molecule has 0 spiro atoms. The highest BCUT2D eigenvalue weighted by Gasteiger charge is 2.48. The van der Waals surface area contributed by atoms with Gasteiger partial charge in [0.25, 0.3) is 0 Å². The van der Waals surface area contributed by atoms with Crippen molar-refractivity contribution in [1.29, 1.82) is 0 Å². The average Bonchev–Trinajstić information content (AvgIpc) is 3.54. The number of nitrogens with zero attached hydrogens (tertiary/aromatic N) is 3. The van der Waals surface area contributed by atoms with Gasteiger partial charge in [0.2, 0.25) is 28.8 Å². The van der Waals surface area contributed by atoms with Gasteiger partial charge in [-0.25, -0.2) is 4.98 Å². The SMILES string of the molecule is C=C1C2C(CCc3ccc4c(oc5nc(-c6ccccc6)ccc54)c3-c3cccc[n+]31)c1ccc(C(C)(C)C)cc1-c1cc(CC(C)C)c([Si](C)(C)C)c[n+]12. The highest BCUT2D eigenvalue weighted by atomic mass is 28.3. The lowest BCUT2D eigenvalue weighted by Gasteiger charge is -2.32. The summed E-state index contributed by atoms with van der Waals surface area (Å²) >= 11 is 0. The first-order valence-corrected chi connectivity index (χ1v) is 23.6. The fourth-order valence-corrected chi connectivity index (χ4v) is 11.0. The Bertz CT molecular complexity index is 2660. The van der Waals surface area contributed by atoms with Crippen molar-refractivity contribution in [3.8, 4) is 33.8 Å². The van der Waals surface area contributed by atoms with Crippen molar-refractivity contribution in [3.05, 3.63) is 138 Å². The van der Waals surface area contributed by atoms with Gasteiger partial charge in [0.15, 0.2) is 18.0 Å². The van der Waals surface area contributed by atoms with Crippen LogP contribution in [-0.2, 0) is 18.3 Å². The molecular formula is C50H53N3OSi+2. The molecule has 0 aliphatic carbocycles. The predicted octanol–water partition coefficient (Wildman–Crippen LogP) is 11.4. The summed E-state index contributed by atoms with van der Waals surface area (Å²) in [5.41, 5.74) is 15.2. The maximum Gasteiger partial charge on any atom is 0.249 e. The van der Waals surface area contributed by atoms with E-state index in [2.05, 4.69) is 167 Å². The van der Waals surface area contributed by atoms with Crippen LogP contribution in [-0.4, -0.2) is 13.1 Å². The highest BCUT2D eigenvalue weighted by molar-refractivity contribution is 6.89. The molecule has 0 saturated carbocycles. The molecule has 0 N–H and O–H groups in total. The van der Waals surface area contributed by atoms with Gasteiger partial charge < -0.3 is 4.42 Å². The minimum absolute atomic E-state index is 0.0351. The van der Waals surface area contributed by atoms with Gasteiger partial charge in [0.1, 0.15) is 0 Å².